The van der Waals surface area contributed by atoms with Gasteiger partial charge in [0.1, 0.15) is 6.29 Å². The molecule has 1 aliphatic rings. The number of carbonyl (C=O) groups excluding carboxylic acids is 1. The molecule has 0 unspecified atom stereocenters. The second-order valence-electron chi connectivity index (χ2n) is 3.27. The van der Waals surface area contributed by atoms with Gasteiger partial charge in [0.15, 0.2) is 0 Å². The lowest BCUT2D eigenvalue weighted by Crippen LogP contribution is -2.28. The molecule has 0 aromatic rings. The minimum Gasteiger partial charge on any atom is -0.303 e. The van der Waals surface area contributed by atoms with Gasteiger partial charge in [-0.1, -0.05) is 0 Å². The number of carbonyl (C=O) groups is 1. The van der Waals surface area contributed by atoms with Crippen LogP contribution in [-0.4, -0.2) is 30.3 Å². The molecule has 2 nitrogen and oxygen atoms in total. The summed E-state index contributed by atoms with van der Waals surface area (Å²) in [6, 6.07) is 0.602. The fraction of sp³-hybridized carbons (Fsp3) is 0.875. The van der Waals surface area contributed by atoms with Gasteiger partial charge in [-0.05, 0) is 26.8 Å². The fourth-order valence-corrected chi connectivity index (χ4v) is 1.40. The Bertz CT molecular complexity index is 122. The second-order valence-corrected chi connectivity index (χ2v) is 3.27. The number of hydrogen-bond acceptors (Lipinski definition) is 2. The third-order valence-electron chi connectivity index (χ3n) is 2.18. The van der Waals surface area contributed by atoms with Gasteiger partial charge in [0.05, 0.1) is 0 Å². The molecular weight excluding hydrogens is 126 g/mol. The van der Waals surface area contributed by atoms with Crippen molar-refractivity contribution in [3.8, 4) is 0 Å². The zero-order valence-corrected chi connectivity index (χ0v) is 6.71. The van der Waals surface area contributed by atoms with Crippen LogP contribution in [0, 0.1) is 5.92 Å². The van der Waals surface area contributed by atoms with E-state index in [-0.39, 0.29) is 0 Å². The van der Waals surface area contributed by atoms with E-state index in [1.807, 2.05) is 0 Å². The van der Waals surface area contributed by atoms with Gasteiger partial charge in [0.2, 0.25) is 0 Å². The van der Waals surface area contributed by atoms with Gasteiger partial charge in [-0.15, -0.1) is 0 Å². The number of aldehydes is 1. The predicted octanol–water partition coefficient (Wildman–Crippen LogP) is 0.916. The lowest BCUT2D eigenvalue weighted by molar-refractivity contribution is -0.110. The van der Waals surface area contributed by atoms with Crippen LogP contribution >= 0.6 is 0 Å². The molecule has 0 radical (unpaired) electrons. The molecule has 1 fully saturated rings. The molecule has 0 amide bonds. The Balaban J connectivity index is 2.35. The number of rotatable bonds is 2. The van der Waals surface area contributed by atoms with Crippen LogP contribution in [0.2, 0.25) is 0 Å². The van der Waals surface area contributed by atoms with Crippen molar-refractivity contribution in [2.24, 2.45) is 5.92 Å². The van der Waals surface area contributed by atoms with Crippen molar-refractivity contribution in [3.05, 3.63) is 0 Å². The van der Waals surface area contributed by atoms with Gasteiger partial charge in [0, 0.05) is 18.5 Å². The second kappa shape index (κ2) is 3.15. The molecule has 0 aromatic heterocycles. The van der Waals surface area contributed by atoms with Crippen LogP contribution in [0.15, 0.2) is 0 Å². The van der Waals surface area contributed by atoms with E-state index in [4.69, 9.17) is 0 Å². The van der Waals surface area contributed by atoms with Crippen LogP contribution in [0.1, 0.15) is 20.3 Å². The maximum Gasteiger partial charge on any atom is 0.124 e. The molecule has 1 rings (SSSR count). The highest BCUT2D eigenvalue weighted by molar-refractivity contribution is 5.54. The maximum atomic E-state index is 10.3. The van der Waals surface area contributed by atoms with E-state index < -0.39 is 0 Å². The summed E-state index contributed by atoms with van der Waals surface area (Å²) >= 11 is 0. The SMILES string of the molecule is CC(C)N1CC[C@H](C=O)C1. The van der Waals surface area contributed by atoms with Crippen molar-refractivity contribution in [2.45, 2.75) is 26.3 Å². The molecule has 0 aromatic carbocycles. The Hall–Kier alpha value is -0.370. The van der Waals surface area contributed by atoms with E-state index in [0.29, 0.717) is 12.0 Å². The molecule has 1 aliphatic heterocycles. The predicted molar refractivity (Wildman–Crippen MR) is 40.9 cm³/mol. The van der Waals surface area contributed by atoms with Gasteiger partial charge >= 0.3 is 0 Å². The van der Waals surface area contributed by atoms with Gasteiger partial charge in [-0.3, -0.25) is 0 Å². The van der Waals surface area contributed by atoms with Gasteiger partial charge in [0.25, 0.3) is 0 Å². The lowest BCUT2D eigenvalue weighted by atomic mass is 10.1. The van der Waals surface area contributed by atoms with Crippen molar-refractivity contribution in [3.63, 3.8) is 0 Å². The van der Waals surface area contributed by atoms with E-state index >= 15 is 0 Å². The zero-order valence-electron chi connectivity index (χ0n) is 6.71. The fourth-order valence-electron chi connectivity index (χ4n) is 1.40. The Morgan fingerprint density at radius 2 is 2.30 bits per heavy atom. The molecule has 0 aliphatic carbocycles. The first kappa shape index (κ1) is 7.73. The van der Waals surface area contributed by atoms with Gasteiger partial charge in [-0.25, -0.2) is 0 Å². The van der Waals surface area contributed by atoms with Gasteiger partial charge < -0.3 is 9.69 Å². The first-order valence-corrected chi connectivity index (χ1v) is 3.93. The van der Waals surface area contributed by atoms with Crippen molar-refractivity contribution in [1.82, 2.24) is 4.90 Å². The average Bonchev–Trinajstić information content (AvgIpc) is 2.34. The first-order chi connectivity index (χ1) is 4.74. The van der Waals surface area contributed by atoms with Crippen LogP contribution in [0.4, 0.5) is 0 Å². The Kier molecular flexibility index (Phi) is 2.44. The quantitative estimate of drug-likeness (QED) is 0.533. The molecule has 1 atom stereocenters. The lowest BCUT2D eigenvalue weighted by Gasteiger charge is -2.18. The summed E-state index contributed by atoms with van der Waals surface area (Å²) in [7, 11) is 0. The largest absolute Gasteiger partial charge is 0.303 e. The van der Waals surface area contributed by atoms with Crippen LogP contribution in [0.5, 0.6) is 0 Å². The summed E-state index contributed by atoms with van der Waals surface area (Å²) in [6.45, 7) is 6.42. The molecule has 58 valence electrons. The molecule has 1 heterocycles. The number of likely N-dealkylation sites (tertiary alicyclic amines) is 1. The summed E-state index contributed by atoms with van der Waals surface area (Å²) in [6.07, 6.45) is 2.14. The smallest absolute Gasteiger partial charge is 0.124 e. The van der Waals surface area contributed by atoms with E-state index in [1.165, 1.54) is 0 Å². The van der Waals surface area contributed by atoms with Crippen molar-refractivity contribution in [1.29, 1.82) is 0 Å². The van der Waals surface area contributed by atoms with Crippen LogP contribution in [0.3, 0.4) is 0 Å². The van der Waals surface area contributed by atoms with E-state index in [0.717, 1.165) is 25.8 Å². The van der Waals surface area contributed by atoms with Crippen molar-refractivity contribution < 1.29 is 4.79 Å². The molecule has 10 heavy (non-hydrogen) atoms. The normalized spacial score (nSPS) is 27.7. The highest BCUT2D eigenvalue weighted by Gasteiger charge is 2.22. The minimum absolute atomic E-state index is 0.308. The van der Waals surface area contributed by atoms with Gasteiger partial charge in [-0.2, -0.15) is 0 Å². The van der Waals surface area contributed by atoms with Crippen LogP contribution < -0.4 is 0 Å². The summed E-state index contributed by atoms with van der Waals surface area (Å²) in [4.78, 5) is 12.7. The third-order valence-corrected chi connectivity index (χ3v) is 2.18. The minimum atomic E-state index is 0.308. The summed E-state index contributed by atoms with van der Waals surface area (Å²) in [5.41, 5.74) is 0. The van der Waals surface area contributed by atoms with Crippen molar-refractivity contribution >= 4 is 6.29 Å². The van der Waals surface area contributed by atoms with Crippen molar-refractivity contribution in [2.75, 3.05) is 13.1 Å². The third kappa shape index (κ3) is 1.57. The first-order valence-electron chi connectivity index (χ1n) is 3.93. The summed E-state index contributed by atoms with van der Waals surface area (Å²) in [5, 5.41) is 0. The Morgan fingerprint density at radius 1 is 1.60 bits per heavy atom. The van der Waals surface area contributed by atoms with E-state index in [1.54, 1.807) is 0 Å². The average molecular weight is 141 g/mol. The molecule has 2 heteroatoms. The molecule has 0 N–H and O–H groups in total. The van der Waals surface area contributed by atoms with Crippen LogP contribution in [-0.2, 0) is 4.79 Å². The highest BCUT2D eigenvalue weighted by atomic mass is 16.1. The summed E-state index contributed by atoms with van der Waals surface area (Å²) < 4.78 is 0. The molecular formula is C8H15NO. The maximum absolute atomic E-state index is 10.3. The number of nitrogens with zero attached hydrogens (tertiary/aromatic N) is 1. The monoisotopic (exact) mass is 141 g/mol. The zero-order chi connectivity index (χ0) is 7.56. The molecule has 0 spiro atoms. The molecule has 1 saturated heterocycles. The Morgan fingerprint density at radius 3 is 2.60 bits per heavy atom. The highest BCUT2D eigenvalue weighted by Crippen LogP contribution is 2.15. The Labute approximate surface area is 62.2 Å². The molecule has 0 bridgehead atoms. The standard InChI is InChI=1S/C8H15NO/c1-7(2)9-4-3-8(5-9)6-10/h6-8H,3-5H2,1-2H3/t8-/m0/s1. The van der Waals surface area contributed by atoms with E-state index in [2.05, 4.69) is 18.7 Å². The molecule has 0 saturated carbocycles. The number of hydrogen-bond donors (Lipinski definition) is 0. The topological polar surface area (TPSA) is 20.3 Å². The summed E-state index contributed by atoms with van der Waals surface area (Å²) in [5.74, 6) is 0.308. The van der Waals surface area contributed by atoms with Crippen LogP contribution in [0.25, 0.3) is 0 Å². The van der Waals surface area contributed by atoms with E-state index in [9.17, 15) is 4.79 Å².